The minimum Gasteiger partial charge on any atom is -0.457 e. The van der Waals surface area contributed by atoms with Crippen LogP contribution in [0.2, 0.25) is 0 Å². The highest BCUT2D eigenvalue weighted by Gasteiger charge is 2.05. The lowest BCUT2D eigenvalue weighted by Gasteiger charge is -2.09. The fourth-order valence-electron chi connectivity index (χ4n) is 1.40. The summed E-state index contributed by atoms with van der Waals surface area (Å²) in [6.07, 6.45) is 0. The van der Waals surface area contributed by atoms with Crippen molar-refractivity contribution in [3.63, 3.8) is 0 Å². The van der Waals surface area contributed by atoms with Gasteiger partial charge in [-0.05, 0) is 42.5 Å². The van der Waals surface area contributed by atoms with Crippen molar-refractivity contribution in [2.45, 2.75) is 6.61 Å². The van der Waals surface area contributed by atoms with Crippen LogP contribution in [0.5, 0.6) is 11.5 Å². The first kappa shape index (κ1) is 11.5. The van der Waals surface area contributed by atoms with Crippen LogP contribution >= 0.6 is 0 Å². The van der Waals surface area contributed by atoms with Crippen LogP contribution in [0, 0.1) is 11.6 Å². The van der Waals surface area contributed by atoms with E-state index in [9.17, 15) is 8.78 Å². The Hall–Kier alpha value is -1.94. The van der Waals surface area contributed by atoms with E-state index in [4.69, 9.17) is 9.84 Å². The summed E-state index contributed by atoms with van der Waals surface area (Å²) in [7, 11) is 0. The summed E-state index contributed by atoms with van der Waals surface area (Å²) < 4.78 is 31.0. The molecule has 1 N–H and O–H groups in total. The van der Waals surface area contributed by atoms with Gasteiger partial charge in [-0.15, -0.1) is 0 Å². The lowest BCUT2D eigenvalue weighted by Crippen LogP contribution is -1.93. The maximum Gasteiger partial charge on any atom is 0.133 e. The molecule has 2 aromatic carbocycles. The molecule has 4 heteroatoms. The molecule has 2 nitrogen and oxygen atoms in total. The van der Waals surface area contributed by atoms with Gasteiger partial charge in [-0.2, -0.15) is 0 Å². The second-order valence-corrected chi connectivity index (χ2v) is 3.47. The number of rotatable bonds is 3. The molecule has 0 heterocycles. The number of benzene rings is 2. The predicted molar refractivity (Wildman–Crippen MR) is 58.8 cm³/mol. The maximum absolute atomic E-state index is 12.9. The predicted octanol–water partition coefficient (Wildman–Crippen LogP) is 3.25. The molecule has 0 saturated heterocycles. The highest BCUT2D eigenvalue weighted by atomic mass is 19.1. The Morgan fingerprint density at radius 1 is 0.941 bits per heavy atom. The SMILES string of the molecule is OCc1cc(F)ccc1Oc1ccc(F)cc1. The van der Waals surface area contributed by atoms with Crippen molar-refractivity contribution in [3.8, 4) is 11.5 Å². The van der Waals surface area contributed by atoms with Gasteiger partial charge in [0.2, 0.25) is 0 Å². The molecule has 0 bridgehead atoms. The monoisotopic (exact) mass is 236 g/mol. The average Bonchev–Trinajstić information content (AvgIpc) is 2.34. The van der Waals surface area contributed by atoms with Gasteiger partial charge in [0.1, 0.15) is 23.1 Å². The van der Waals surface area contributed by atoms with Gasteiger partial charge in [0.05, 0.1) is 6.61 Å². The van der Waals surface area contributed by atoms with Gasteiger partial charge < -0.3 is 9.84 Å². The van der Waals surface area contributed by atoms with Crippen LogP contribution in [0.15, 0.2) is 42.5 Å². The van der Waals surface area contributed by atoms with E-state index in [1.165, 1.54) is 42.5 Å². The topological polar surface area (TPSA) is 29.5 Å². The quantitative estimate of drug-likeness (QED) is 0.886. The van der Waals surface area contributed by atoms with Crippen LogP contribution in [0.3, 0.4) is 0 Å². The number of ether oxygens (including phenoxy) is 1. The number of halogens is 2. The zero-order valence-electron chi connectivity index (χ0n) is 8.86. The molecule has 0 aliphatic carbocycles. The molecule has 17 heavy (non-hydrogen) atoms. The van der Waals surface area contributed by atoms with E-state index < -0.39 is 5.82 Å². The fourth-order valence-corrected chi connectivity index (χ4v) is 1.40. The highest BCUT2D eigenvalue weighted by molar-refractivity contribution is 5.37. The molecule has 0 aliphatic rings. The van der Waals surface area contributed by atoms with Crippen molar-refractivity contribution < 1.29 is 18.6 Å². The standard InChI is InChI=1S/C13H10F2O2/c14-10-1-4-12(5-2-10)17-13-6-3-11(15)7-9(13)8-16/h1-7,16H,8H2. The van der Waals surface area contributed by atoms with E-state index in [0.29, 0.717) is 17.1 Å². The number of hydrogen-bond donors (Lipinski definition) is 1. The van der Waals surface area contributed by atoms with Crippen LogP contribution in [0.25, 0.3) is 0 Å². The first-order valence-corrected chi connectivity index (χ1v) is 5.02. The molecule has 0 radical (unpaired) electrons. The molecule has 0 spiro atoms. The Morgan fingerprint density at radius 3 is 2.24 bits per heavy atom. The normalized spacial score (nSPS) is 10.3. The largest absolute Gasteiger partial charge is 0.457 e. The molecular weight excluding hydrogens is 226 g/mol. The van der Waals surface area contributed by atoms with E-state index in [-0.39, 0.29) is 12.4 Å². The second kappa shape index (κ2) is 4.93. The third-order valence-corrected chi connectivity index (χ3v) is 2.23. The Morgan fingerprint density at radius 2 is 1.59 bits per heavy atom. The second-order valence-electron chi connectivity index (χ2n) is 3.47. The Balaban J connectivity index is 2.26. The van der Waals surface area contributed by atoms with Crippen molar-refractivity contribution in [2.75, 3.05) is 0 Å². The Labute approximate surface area is 97.1 Å². The van der Waals surface area contributed by atoms with Crippen LogP contribution in [-0.4, -0.2) is 5.11 Å². The van der Waals surface area contributed by atoms with Crippen LogP contribution < -0.4 is 4.74 Å². The molecule has 2 aromatic rings. The maximum atomic E-state index is 12.9. The molecule has 0 aromatic heterocycles. The van der Waals surface area contributed by atoms with Crippen molar-refractivity contribution in [2.24, 2.45) is 0 Å². The van der Waals surface area contributed by atoms with E-state index in [0.717, 1.165) is 0 Å². The molecule has 0 aliphatic heterocycles. The Kier molecular flexibility index (Phi) is 3.35. The minimum atomic E-state index is -0.444. The lowest BCUT2D eigenvalue weighted by molar-refractivity contribution is 0.275. The van der Waals surface area contributed by atoms with Gasteiger partial charge in [0, 0.05) is 5.56 Å². The molecule has 2 rings (SSSR count). The molecule has 0 atom stereocenters. The summed E-state index contributed by atoms with van der Waals surface area (Å²) in [5.41, 5.74) is 0.342. The molecular formula is C13H10F2O2. The van der Waals surface area contributed by atoms with E-state index in [2.05, 4.69) is 0 Å². The van der Waals surface area contributed by atoms with Gasteiger partial charge >= 0.3 is 0 Å². The summed E-state index contributed by atoms with van der Waals surface area (Å²) >= 11 is 0. The first-order valence-electron chi connectivity index (χ1n) is 5.02. The van der Waals surface area contributed by atoms with Gasteiger partial charge in [-0.3, -0.25) is 0 Å². The van der Waals surface area contributed by atoms with Crippen molar-refractivity contribution in [1.29, 1.82) is 0 Å². The Bertz CT molecular complexity index is 509. The third kappa shape index (κ3) is 2.79. The molecule has 0 saturated carbocycles. The van der Waals surface area contributed by atoms with Gasteiger partial charge in [0.25, 0.3) is 0 Å². The lowest BCUT2D eigenvalue weighted by atomic mass is 10.2. The number of hydrogen-bond acceptors (Lipinski definition) is 2. The summed E-state index contributed by atoms with van der Waals surface area (Å²) in [6.45, 7) is -0.325. The fraction of sp³-hybridized carbons (Fsp3) is 0.0769. The smallest absolute Gasteiger partial charge is 0.133 e. The van der Waals surface area contributed by atoms with Gasteiger partial charge in [0.15, 0.2) is 0 Å². The summed E-state index contributed by atoms with van der Waals surface area (Å²) in [5.74, 6) is -0.0347. The number of aliphatic hydroxyl groups excluding tert-OH is 1. The zero-order chi connectivity index (χ0) is 12.3. The van der Waals surface area contributed by atoms with E-state index >= 15 is 0 Å². The minimum absolute atomic E-state index is 0.325. The molecule has 0 fully saturated rings. The molecule has 0 unspecified atom stereocenters. The average molecular weight is 236 g/mol. The van der Waals surface area contributed by atoms with Crippen molar-refractivity contribution >= 4 is 0 Å². The summed E-state index contributed by atoms with van der Waals surface area (Å²) in [5, 5.41) is 9.06. The molecule has 0 amide bonds. The van der Waals surface area contributed by atoms with Gasteiger partial charge in [-0.1, -0.05) is 0 Å². The molecule has 88 valence electrons. The van der Waals surface area contributed by atoms with Crippen LogP contribution in [-0.2, 0) is 6.61 Å². The van der Waals surface area contributed by atoms with Crippen molar-refractivity contribution in [1.82, 2.24) is 0 Å². The summed E-state index contributed by atoms with van der Waals surface area (Å²) in [4.78, 5) is 0. The van der Waals surface area contributed by atoms with E-state index in [1.807, 2.05) is 0 Å². The van der Waals surface area contributed by atoms with E-state index in [1.54, 1.807) is 0 Å². The van der Waals surface area contributed by atoms with Gasteiger partial charge in [-0.25, -0.2) is 8.78 Å². The summed E-state index contributed by atoms with van der Waals surface area (Å²) in [6, 6.07) is 9.29. The highest BCUT2D eigenvalue weighted by Crippen LogP contribution is 2.26. The van der Waals surface area contributed by atoms with Crippen LogP contribution in [0.4, 0.5) is 8.78 Å². The van der Waals surface area contributed by atoms with Crippen LogP contribution in [0.1, 0.15) is 5.56 Å². The van der Waals surface area contributed by atoms with Crippen molar-refractivity contribution in [3.05, 3.63) is 59.7 Å². The first-order chi connectivity index (χ1) is 8.19. The zero-order valence-corrected chi connectivity index (χ0v) is 8.86. The third-order valence-electron chi connectivity index (χ3n) is 2.23. The number of aliphatic hydroxyl groups is 1.